The molecule has 5 nitrogen and oxygen atoms in total. The second kappa shape index (κ2) is 8.28. The van der Waals surface area contributed by atoms with Crippen molar-refractivity contribution in [3.8, 4) is 17.3 Å². The first-order valence-electron chi connectivity index (χ1n) is 11.8. The molecule has 3 aromatic rings. The Morgan fingerprint density at radius 1 is 1.06 bits per heavy atom. The second-order valence-electron chi connectivity index (χ2n) is 9.40. The van der Waals surface area contributed by atoms with Gasteiger partial charge in [-0.1, -0.05) is 25.0 Å². The van der Waals surface area contributed by atoms with Crippen molar-refractivity contribution in [3.63, 3.8) is 0 Å². The highest BCUT2D eigenvalue weighted by Crippen LogP contribution is 2.42. The SMILES string of the molecule is Fc1cc(F)c2[nH]cc(-c3nc(N[C@@H]4CC5CCC4CC5)cc(OC4=CC=CCC4)n3)c2c1. The number of aromatic amines is 1. The fourth-order valence-corrected chi connectivity index (χ4v) is 5.56. The summed E-state index contributed by atoms with van der Waals surface area (Å²) in [5.74, 6) is 2.48. The molecule has 2 aromatic heterocycles. The van der Waals surface area contributed by atoms with Gasteiger partial charge in [0.2, 0.25) is 5.88 Å². The summed E-state index contributed by atoms with van der Waals surface area (Å²) in [7, 11) is 0. The summed E-state index contributed by atoms with van der Waals surface area (Å²) in [5, 5.41) is 4.05. The van der Waals surface area contributed by atoms with Crippen LogP contribution in [0.5, 0.6) is 5.88 Å². The number of ether oxygens (including phenoxy) is 1. The molecule has 0 radical (unpaired) electrons. The molecule has 0 spiro atoms. The normalized spacial score (nSPS) is 24.2. The number of halogens is 2. The minimum absolute atomic E-state index is 0.237. The van der Waals surface area contributed by atoms with E-state index in [1.807, 2.05) is 18.2 Å². The molecule has 7 heteroatoms. The maximum atomic E-state index is 14.3. The molecule has 7 rings (SSSR count). The van der Waals surface area contributed by atoms with Crippen LogP contribution in [-0.4, -0.2) is 21.0 Å². The lowest BCUT2D eigenvalue weighted by molar-refractivity contribution is 0.157. The number of hydrogen-bond donors (Lipinski definition) is 2. The number of aromatic nitrogens is 3. The van der Waals surface area contributed by atoms with E-state index in [1.54, 1.807) is 6.20 Å². The van der Waals surface area contributed by atoms with Crippen LogP contribution in [0.3, 0.4) is 0 Å². The van der Waals surface area contributed by atoms with Gasteiger partial charge in [0.15, 0.2) is 5.82 Å². The van der Waals surface area contributed by atoms with Gasteiger partial charge in [0.1, 0.15) is 23.2 Å². The average molecular weight is 449 g/mol. The molecule has 3 fully saturated rings. The van der Waals surface area contributed by atoms with E-state index in [0.29, 0.717) is 40.4 Å². The predicted molar refractivity (Wildman–Crippen MR) is 124 cm³/mol. The van der Waals surface area contributed by atoms with E-state index < -0.39 is 11.6 Å². The van der Waals surface area contributed by atoms with Crippen LogP contribution in [0.2, 0.25) is 0 Å². The quantitative estimate of drug-likeness (QED) is 0.467. The molecule has 0 aliphatic heterocycles. The largest absolute Gasteiger partial charge is 0.443 e. The Morgan fingerprint density at radius 3 is 2.70 bits per heavy atom. The molecule has 2 bridgehead atoms. The number of benzene rings is 1. The van der Waals surface area contributed by atoms with Crippen LogP contribution in [-0.2, 0) is 0 Å². The number of anilines is 1. The Labute approximate surface area is 191 Å². The molecule has 3 saturated carbocycles. The van der Waals surface area contributed by atoms with Crippen LogP contribution in [0.25, 0.3) is 22.3 Å². The first kappa shape index (κ1) is 20.4. The number of hydrogen-bond acceptors (Lipinski definition) is 4. The summed E-state index contributed by atoms with van der Waals surface area (Å²) in [4.78, 5) is 12.3. The van der Waals surface area contributed by atoms with Crippen molar-refractivity contribution in [2.75, 3.05) is 5.32 Å². The predicted octanol–water partition coefficient (Wildman–Crippen LogP) is 6.51. The van der Waals surface area contributed by atoms with Crippen molar-refractivity contribution in [3.05, 3.63) is 60.0 Å². The Bertz CT molecular complexity index is 1260. The van der Waals surface area contributed by atoms with E-state index in [-0.39, 0.29) is 5.52 Å². The van der Waals surface area contributed by atoms with E-state index in [0.717, 1.165) is 37.0 Å². The van der Waals surface area contributed by atoms with Gasteiger partial charge in [0.25, 0.3) is 0 Å². The molecule has 0 amide bonds. The standard InChI is InChI=1S/C26H26F2N4O/c27-17-11-19-20(14-29-25(19)21(28)12-17)26-31-23(30-22-10-15-6-8-16(22)9-7-15)13-24(32-26)33-18-4-2-1-3-5-18/h1-2,4,11-16,22,29H,3,5-10H2,(H,30,31,32)/t15?,16?,22-/m1/s1. The summed E-state index contributed by atoms with van der Waals surface area (Å²) >= 11 is 0. The highest BCUT2D eigenvalue weighted by molar-refractivity contribution is 5.94. The molecular weight excluding hydrogens is 422 g/mol. The lowest BCUT2D eigenvalue weighted by atomic mass is 9.68. The Balaban J connectivity index is 1.39. The lowest BCUT2D eigenvalue weighted by Crippen LogP contribution is -2.40. The number of rotatable bonds is 5. The molecule has 1 aromatic carbocycles. The number of nitrogens with one attached hydrogen (secondary N) is 2. The highest BCUT2D eigenvalue weighted by atomic mass is 19.1. The van der Waals surface area contributed by atoms with Gasteiger partial charge in [-0.25, -0.2) is 13.8 Å². The smallest absolute Gasteiger partial charge is 0.224 e. The van der Waals surface area contributed by atoms with E-state index in [9.17, 15) is 8.78 Å². The van der Waals surface area contributed by atoms with Gasteiger partial charge in [-0.2, -0.15) is 4.98 Å². The van der Waals surface area contributed by atoms with Gasteiger partial charge >= 0.3 is 0 Å². The Hall–Kier alpha value is -3.22. The van der Waals surface area contributed by atoms with Gasteiger partial charge in [0.05, 0.1) is 5.52 Å². The zero-order valence-corrected chi connectivity index (χ0v) is 18.3. The molecule has 4 aliphatic rings. The van der Waals surface area contributed by atoms with Crippen LogP contribution in [0.15, 0.2) is 48.4 Å². The topological polar surface area (TPSA) is 62.8 Å². The molecule has 170 valence electrons. The number of nitrogens with zero attached hydrogens (tertiary/aromatic N) is 2. The number of fused-ring (bicyclic) bond motifs is 4. The Morgan fingerprint density at radius 2 is 1.94 bits per heavy atom. The third-order valence-electron chi connectivity index (χ3n) is 7.24. The zero-order valence-electron chi connectivity index (χ0n) is 18.3. The van der Waals surface area contributed by atoms with Gasteiger partial charge in [-0.05, 0) is 49.7 Å². The number of allylic oxidation sites excluding steroid dienone is 4. The van der Waals surface area contributed by atoms with Crippen LogP contribution >= 0.6 is 0 Å². The van der Waals surface area contributed by atoms with Crippen LogP contribution < -0.4 is 10.1 Å². The fourth-order valence-electron chi connectivity index (χ4n) is 5.56. The third-order valence-corrected chi connectivity index (χ3v) is 7.24. The summed E-state index contributed by atoms with van der Waals surface area (Å²) in [6, 6.07) is 4.39. The molecule has 1 atom stereocenters. The van der Waals surface area contributed by atoms with Crippen molar-refractivity contribution in [1.29, 1.82) is 0 Å². The first-order valence-corrected chi connectivity index (χ1v) is 11.8. The minimum Gasteiger partial charge on any atom is -0.443 e. The maximum absolute atomic E-state index is 14.3. The maximum Gasteiger partial charge on any atom is 0.224 e. The van der Waals surface area contributed by atoms with E-state index in [2.05, 4.69) is 21.4 Å². The number of H-pyrrole nitrogens is 1. The second-order valence-corrected chi connectivity index (χ2v) is 9.40. The molecular formula is C26H26F2N4O. The van der Waals surface area contributed by atoms with Gasteiger partial charge in [-0.15, -0.1) is 0 Å². The van der Waals surface area contributed by atoms with Gasteiger partial charge < -0.3 is 15.0 Å². The van der Waals surface area contributed by atoms with E-state index in [1.165, 1.54) is 31.7 Å². The lowest BCUT2D eigenvalue weighted by Gasteiger charge is -2.42. The minimum atomic E-state index is -0.639. The van der Waals surface area contributed by atoms with Gasteiger partial charge in [-0.3, -0.25) is 0 Å². The molecule has 0 unspecified atom stereocenters. The molecule has 0 saturated heterocycles. The summed E-state index contributed by atoms with van der Waals surface area (Å²) in [6.07, 6.45) is 15.7. The summed E-state index contributed by atoms with van der Waals surface area (Å²) < 4.78 is 34.4. The van der Waals surface area contributed by atoms with E-state index in [4.69, 9.17) is 9.72 Å². The van der Waals surface area contributed by atoms with Crippen molar-refractivity contribution < 1.29 is 13.5 Å². The van der Waals surface area contributed by atoms with Crippen molar-refractivity contribution in [2.45, 2.75) is 51.0 Å². The van der Waals surface area contributed by atoms with Crippen molar-refractivity contribution in [1.82, 2.24) is 15.0 Å². The zero-order chi connectivity index (χ0) is 22.4. The molecule has 2 heterocycles. The third kappa shape index (κ3) is 4.01. The van der Waals surface area contributed by atoms with Crippen LogP contribution in [0.4, 0.5) is 14.6 Å². The highest BCUT2D eigenvalue weighted by Gasteiger charge is 2.35. The summed E-state index contributed by atoms with van der Waals surface area (Å²) in [6.45, 7) is 0. The van der Waals surface area contributed by atoms with Crippen molar-refractivity contribution >= 4 is 16.7 Å². The molecule has 33 heavy (non-hydrogen) atoms. The molecule has 2 N–H and O–H groups in total. The van der Waals surface area contributed by atoms with Crippen LogP contribution in [0.1, 0.15) is 44.9 Å². The van der Waals surface area contributed by atoms with E-state index >= 15 is 0 Å². The summed E-state index contributed by atoms with van der Waals surface area (Å²) in [5.41, 5.74) is 0.778. The Kier molecular flexibility index (Phi) is 5.12. The van der Waals surface area contributed by atoms with Gasteiger partial charge in [0, 0.05) is 41.7 Å². The fraction of sp³-hybridized carbons (Fsp3) is 0.385. The average Bonchev–Trinajstić information content (AvgIpc) is 3.25. The van der Waals surface area contributed by atoms with Crippen molar-refractivity contribution in [2.24, 2.45) is 11.8 Å². The first-order chi connectivity index (χ1) is 16.1. The monoisotopic (exact) mass is 448 g/mol. The van der Waals surface area contributed by atoms with Crippen LogP contribution in [0, 0.1) is 23.5 Å². The molecule has 4 aliphatic carbocycles.